The van der Waals surface area contributed by atoms with Crippen LogP contribution in [0.25, 0.3) is 11.4 Å². The summed E-state index contributed by atoms with van der Waals surface area (Å²) in [4.78, 5) is 15.2. The second-order valence-electron chi connectivity index (χ2n) is 5.89. The molecule has 1 aliphatic rings. The predicted molar refractivity (Wildman–Crippen MR) is 87.7 cm³/mol. The van der Waals surface area contributed by atoms with Crippen molar-refractivity contribution in [1.29, 1.82) is 0 Å². The molecule has 10 heteroatoms. The van der Waals surface area contributed by atoms with E-state index in [0.717, 1.165) is 4.80 Å². The molecule has 8 nitrogen and oxygen atoms in total. The molecule has 1 aromatic carbocycles. The average Bonchev–Trinajstić information content (AvgIpc) is 3.15. The highest BCUT2D eigenvalue weighted by atomic mass is 32.2. The maximum atomic E-state index is 13.3. The van der Waals surface area contributed by atoms with Gasteiger partial charge in [0.2, 0.25) is 11.7 Å². The lowest BCUT2D eigenvalue weighted by Crippen LogP contribution is -2.42. The first kappa shape index (κ1) is 17.5. The van der Waals surface area contributed by atoms with Crippen molar-refractivity contribution >= 4 is 15.7 Å². The van der Waals surface area contributed by atoms with Gasteiger partial charge in [-0.1, -0.05) is 12.1 Å². The second kappa shape index (κ2) is 6.87. The van der Waals surface area contributed by atoms with Crippen LogP contribution in [0.3, 0.4) is 0 Å². The van der Waals surface area contributed by atoms with E-state index < -0.39 is 15.7 Å². The molecule has 0 aliphatic carbocycles. The predicted octanol–water partition coefficient (Wildman–Crippen LogP) is 0.515. The SMILES string of the molecule is CCN(C(=O)Cn1nnc(-c2cccc(F)c2)n1)[C@H]1CCS(=O)(=O)C1. The Morgan fingerprint density at radius 1 is 1.44 bits per heavy atom. The first-order chi connectivity index (χ1) is 11.9. The molecule has 1 fully saturated rings. The molecule has 0 N–H and O–H groups in total. The van der Waals surface area contributed by atoms with Crippen LogP contribution in [0.4, 0.5) is 4.39 Å². The molecule has 1 aromatic heterocycles. The Morgan fingerprint density at radius 2 is 2.24 bits per heavy atom. The molecular weight excluding hydrogens is 349 g/mol. The molecule has 3 rings (SSSR count). The lowest BCUT2D eigenvalue weighted by atomic mass is 10.2. The lowest BCUT2D eigenvalue weighted by molar-refractivity contribution is -0.133. The number of likely N-dealkylation sites (N-methyl/N-ethyl adjacent to an activating group) is 1. The van der Waals surface area contributed by atoms with E-state index in [-0.39, 0.29) is 35.8 Å². The van der Waals surface area contributed by atoms with Gasteiger partial charge in [-0.15, -0.1) is 10.2 Å². The molecule has 0 spiro atoms. The normalized spacial score (nSPS) is 19.0. The van der Waals surface area contributed by atoms with Crippen molar-refractivity contribution in [1.82, 2.24) is 25.1 Å². The molecule has 2 heterocycles. The number of nitrogens with zero attached hydrogens (tertiary/aromatic N) is 5. The molecule has 134 valence electrons. The third kappa shape index (κ3) is 4.01. The highest BCUT2D eigenvalue weighted by molar-refractivity contribution is 7.91. The summed E-state index contributed by atoms with van der Waals surface area (Å²) in [6.07, 6.45) is 0.446. The fourth-order valence-electron chi connectivity index (χ4n) is 2.92. The molecule has 1 atom stereocenters. The van der Waals surface area contributed by atoms with Crippen molar-refractivity contribution in [2.75, 3.05) is 18.1 Å². The van der Waals surface area contributed by atoms with Crippen molar-refractivity contribution in [3.05, 3.63) is 30.1 Å². The van der Waals surface area contributed by atoms with Gasteiger partial charge in [0.05, 0.1) is 11.5 Å². The molecule has 1 saturated heterocycles. The van der Waals surface area contributed by atoms with Gasteiger partial charge in [0.15, 0.2) is 9.84 Å². The summed E-state index contributed by atoms with van der Waals surface area (Å²) in [7, 11) is -3.07. The van der Waals surface area contributed by atoms with E-state index in [1.807, 2.05) is 0 Å². The summed E-state index contributed by atoms with van der Waals surface area (Å²) in [5.74, 6) is -0.366. The molecule has 0 bridgehead atoms. The topological polar surface area (TPSA) is 98.1 Å². The molecule has 0 saturated carbocycles. The smallest absolute Gasteiger partial charge is 0.246 e. The van der Waals surface area contributed by atoms with E-state index in [2.05, 4.69) is 15.4 Å². The van der Waals surface area contributed by atoms with Gasteiger partial charge < -0.3 is 4.90 Å². The third-order valence-electron chi connectivity index (χ3n) is 4.12. The van der Waals surface area contributed by atoms with E-state index >= 15 is 0 Å². The number of carbonyl (C=O) groups excluding carboxylic acids is 1. The zero-order valence-corrected chi connectivity index (χ0v) is 14.5. The number of sulfone groups is 1. The fourth-order valence-corrected chi connectivity index (χ4v) is 4.66. The van der Waals surface area contributed by atoms with Gasteiger partial charge in [0.1, 0.15) is 12.4 Å². The molecular formula is C15H18FN5O3S. The molecule has 1 aliphatic heterocycles. The minimum Gasteiger partial charge on any atom is -0.337 e. The Balaban J connectivity index is 1.70. The number of carbonyl (C=O) groups is 1. The summed E-state index contributed by atoms with van der Waals surface area (Å²) >= 11 is 0. The number of rotatable bonds is 5. The van der Waals surface area contributed by atoms with Crippen molar-refractivity contribution in [2.24, 2.45) is 0 Å². The Labute approximate surface area is 144 Å². The lowest BCUT2D eigenvalue weighted by Gasteiger charge is -2.26. The van der Waals surface area contributed by atoms with Gasteiger partial charge in [-0.3, -0.25) is 4.79 Å². The van der Waals surface area contributed by atoms with E-state index in [4.69, 9.17) is 0 Å². The number of aromatic nitrogens is 4. The minimum atomic E-state index is -3.07. The summed E-state index contributed by atoms with van der Waals surface area (Å²) in [6.45, 7) is 2.06. The second-order valence-corrected chi connectivity index (χ2v) is 8.12. The van der Waals surface area contributed by atoms with Crippen LogP contribution in [-0.4, -0.2) is 63.5 Å². The maximum Gasteiger partial charge on any atom is 0.246 e. The average molecular weight is 367 g/mol. The zero-order valence-electron chi connectivity index (χ0n) is 13.7. The van der Waals surface area contributed by atoms with Gasteiger partial charge in [-0.05, 0) is 30.7 Å². The van der Waals surface area contributed by atoms with Gasteiger partial charge in [0, 0.05) is 18.2 Å². The van der Waals surface area contributed by atoms with Crippen molar-refractivity contribution in [3.8, 4) is 11.4 Å². The number of benzene rings is 1. The van der Waals surface area contributed by atoms with E-state index in [1.54, 1.807) is 13.0 Å². The summed E-state index contributed by atoms with van der Waals surface area (Å²) in [5, 5.41) is 11.8. The summed E-state index contributed by atoms with van der Waals surface area (Å²) in [5.41, 5.74) is 0.466. The third-order valence-corrected chi connectivity index (χ3v) is 5.87. The van der Waals surface area contributed by atoms with Crippen LogP contribution in [0.2, 0.25) is 0 Å². The first-order valence-electron chi connectivity index (χ1n) is 7.91. The minimum absolute atomic E-state index is 0.00803. The van der Waals surface area contributed by atoms with Crippen LogP contribution in [0, 0.1) is 5.82 Å². The zero-order chi connectivity index (χ0) is 18.0. The van der Waals surface area contributed by atoms with Gasteiger partial charge in [-0.2, -0.15) is 4.80 Å². The standard InChI is InChI=1S/C15H18FN5O3S/c1-2-20(13-6-7-25(23,24)10-13)14(22)9-21-18-15(17-19-21)11-4-3-5-12(16)8-11/h3-5,8,13H,2,6-7,9-10H2,1H3/t13-/m0/s1. The van der Waals surface area contributed by atoms with Gasteiger partial charge >= 0.3 is 0 Å². The molecule has 2 aromatic rings. The molecule has 25 heavy (non-hydrogen) atoms. The summed E-state index contributed by atoms with van der Waals surface area (Å²) < 4.78 is 36.5. The molecule has 0 unspecified atom stereocenters. The van der Waals surface area contributed by atoms with E-state index in [1.165, 1.54) is 23.1 Å². The fraction of sp³-hybridized carbons (Fsp3) is 0.467. The van der Waals surface area contributed by atoms with Crippen LogP contribution in [-0.2, 0) is 21.2 Å². The Hall–Kier alpha value is -2.36. The maximum absolute atomic E-state index is 13.3. The van der Waals surface area contributed by atoms with E-state index in [9.17, 15) is 17.6 Å². The Kier molecular flexibility index (Phi) is 4.80. The largest absolute Gasteiger partial charge is 0.337 e. The van der Waals surface area contributed by atoms with Crippen molar-refractivity contribution in [2.45, 2.75) is 25.9 Å². The highest BCUT2D eigenvalue weighted by Gasteiger charge is 2.34. The summed E-state index contributed by atoms with van der Waals surface area (Å²) in [6, 6.07) is 5.47. The van der Waals surface area contributed by atoms with Crippen molar-refractivity contribution < 1.29 is 17.6 Å². The van der Waals surface area contributed by atoms with Gasteiger partial charge in [0.25, 0.3) is 0 Å². The quantitative estimate of drug-likeness (QED) is 0.764. The number of halogens is 1. The van der Waals surface area contributed by atoms with E-state index in [0.29, 0.717) is 18.5 Å². The van der Waals surface area contributed by atoms with Crippen LogP contribution in [0.5, 0.6) is 0 Å². The van der Waals surface area contributed by atoms with Crippen LogP contribution in [0.15, 0.2) is 24.3 Å². The number of tetrazole rings is 1. The number of hydrogen-bond acceptors (Lipinski definition) is 6. The van der Waals surface area contributed by atoms with Crippen LogP contribution >= 0.6 is 0 Å². The van der Waals surface area contributed by atoms with Crippen LogP contribution in [0.1, 0.15) is 13.3 Å². The van der Waals surface area contributed by atoms with Gasteiger partial charge in [-0.25, -0.2) is 12.8 Å². The molecule has 1 amide bonds. The highest BCUT2D eigenvalue weighted by Crippen LogP contribution is 2.18. The monoisotopic (exact) mass is 367 g/mol. The van der Waals surface area contributed by atoms with Crippen molar-refractivity contribution in [3.63, 3.8) is 0 Å². The Morgan fingerprint density at radius 3 is 2.88 bits per heavy atom. The Bertz CT molecular complexity index is 883. The number of amides is 1. The van der Waals surface area contributed by atoms with Crippen LogP contribution < -0.4 is 0 Å². The first-order valence-corrected chi connectivity index (χ1v) is 9.74. The molecule has 0 radical (unpaired) electrons. The number of hydrogen-bond donors (Lipinski definition) is 0.